The lowest BCUT2D eigenvalue weighted by atomic mass is 9.99. The monoisotopic (exact) mass is 457 g/mol. The maximum Gasteiger partial charge on any atom is 0.417 e. The third-order valence-corrected chi connectivity index (χ3v) is 6.59. The van der Waals surface area contributed by atoms with Crippen molar-refractivity contribution in [3.63, 3.8) is 0 Å². The van der Waals surface area contributed by atoms with Gasteiger partial charge in [-0.05, 0) is 34.4 Å². The first kappa shape index (κ1) is 22.4. The number of thioether (sulfide) groups is 1. The third kappa shape index (κ3) is 5.34. The first-order valence-corrected chi connectivity index (χ1v) is 11.2. The van der Waals surface area contributed by atoms with Crippen molar-refractivity contribution < 1.29 is 23.1 Å². The number of carboxylic acid groups (broad SMARTS) is 1. The molecule has 0 aromatic heterocycles. The molecule has 0 amide bonds. The summed E-state index contributed by atoms with van der Waals surface area (Å²) < 4.78 is 41.0. The summed E-state index contributed by atoms with van der Waals surface area (Å²) in [7, 11) is 0. The fourth-order valence-corrected chi connectivity index (χ4v) is 4.63. The van der Waals surface area contributed by atoms with Crippen LogP contribution in [0, 0.1) is 5.92 Å². The highest BCUT2D eigenvalue weighted by Crippen LogP contribution is 2.39. The molecule has 32 heavy (non-hydrogen) atoms. The first-order chi connectivity index (χ1) is 15.3. The molecule has 0 saturated carbocycles. The van der Waals surface area contributed by atoms with E-state index in [0.29, 0.717) is 35.8 Å². The van der Waals surface area contributed by atoms with Gasteiger partial charge in [-0.15, -0.1) is 11.8 Å². The lowest BCUT2D eigenvalue weighted by Gasteiger charge is -2.36. The van der Waals surface area contributed by atoms with Gasteiger partial charge >= 0.3 is 12.1 Å². The highest BCUT2D eigenvalue weighted by molar-refractivity contribution is 7.98. The van der Waals surface area contributed by atoms with Crippen LogP contribution in [0.5, 0.6) is 0 Å². The predicted molar refractivity (Wildman–Crippen MR) is 119 cm³/mol. The van der Waals surface area contributed by atoms with Gasteiger partial charge in [0.25, 0.3) is 0 Å². The second-order valence-corrected chi connectivity index (χ2v) is 8.95. The van der Waals surface area contributed by atoms with Crippen molar-refractivity contribution in [2.45, 2.75) is 23.4 Å². The molecule has 1 N–H and O–H groups in total. The first-order valence-electron chi connectivity index (χ1n) is 10.2. The second-order valence-electron chi connectivity index (χ2n) is 7.91. The van der Waals surface area contributed by atoms with Gasteiger partial charge in [0.15, 0.2) is 0 Å². The quantitative estimate of drug-likeness (QED) is 0.430. The van der Waals surface area contributed by atoms with Crippen LogP contribution in [0.4, 0.5) is 13.2 Å². The lowest BCUT2D eigenvalue weighted by molar-refractivity contribution is -0.147. The predicted octanol–water partition coefficient (Wildman–Crippen LogP) is 6.18. The normalized spacial score (nSPS) is 14.8. The van der Waals surface area contributed by atoms with E-state index in [4.69, 9.17) is 5.11 Å². The molecular weight excluding hydrogens is 435 g/mol. The van der Waals surface area contributed by atoms with Crippen LogP contribution in [-0.4, -0.2) is 29.1 Å². The highest BCUT2D eigenvalue weighted by atomic mass is 32.2. The summed E-state index contributed by atoms with van der Waals surface area (Å²) in [6.07, 6.45) is -4.43. The number of halogens is 3. The van der Waals surface area contributed by atoms with E-state index in [1.807, 2.05) is 24.3 Å². The van der Waals surface area contributed by atoms with Gasteiger partial charge in [-0.3, -0.25) is 9.69 Å². The molecule has 0 bridgehead atoms. The Labute approximate surface area is 188 Å². The van der Waals surface area contributed by atoms with Crippen molar-refractivity contribution in [1.82, 2.24) is 4.90 Å². The van der Waals surface area contributed by atoms with Gasteiger partial charge < -0.3 is 5.11 Å². The van der Waals surface area contributed by atoms with Crippen LogP contribution in [0.15, 0.2) is 77.7 Å². The molecule has 1 aliphatic rings. The summed E-state index contributed by atoms with van der Waals surface area (Å²) in [6, 6.07) is 21.0. The van der Waals surface area contributed by atoms with Crippen molar-refractivity contribution in [2.24, 2.45) is 5.92 Å². The van der Waals surface area contributed by atoms with Crippen molar-refractivity contribution in [1.29, 1.82) is 0 Å². The fraction of sp³-hybridized carbons (Fsp3) is 0.240. The van der Waals surface area contributed by atoms with E-state index in [1.54, 1.807) is 42.5 Å². The summed E-state index contributed by atoms with van der Waals surface area (Å²) in [5, 5.41) is 8.95. The molecule has 0 spiro atoms. The van der Waals surface area contributed by atoms with Gasteiger partial charge in [0, 0.05) is 30.3 Å². The van der Waals surface area contributed by atoms with Crippen LogP contribution < -0.4 is 0 Å². The highest BCUT2D eigenvalue weighted by Gasteiger charge is 2.34. The Kier molecular flexibility index (Phi) is 6.58. The standard InChI is InChI=1S/C25H22F3NO2S/c26-25(27,28)23-12-21(10-11-22(23)19-4-2-1-3-5-19)32-16-18-8-6-17(7-9-18)13-29-14-20(15-29)24(30)31/h1-12,20H,13-16H2,(H,30,31). The van der Waals surface area contributed by atoms with E-state index in [1.165, 1.54) is 17.8 Å². The summed E-state index contributed by atoms with van der Waals surface area (Å²) in [5.74, 6) is -0.466. The maximum atomic E-state index is 13.7. The number of carbonyl (C=O) groups is 1. The summed E-state index contributed by atoms with van der Waals surface area (Å²) >= 11 is 1.37. The topological polar surface area (TPSA) is 40.5 Å². The van der Waals surface area contributed by atoms with Gasteiger partial charge in [0.05, 0.1) is 11.5 Å². The van der Waals surface area contributed by atoms with Crippen LogP contribution in [-0.2, 0) is 23.3 Å². The zero-order valence-corrected chi connectivity index (χ0v) is 18.0. The maximum absolute atomic E-state index is 13.7. The van der Waals surface area contributed by atoms with Crippen LogP contribution in [0.1, 0.15) is 16.7 Å². The second kappa shape index (κ2) is 9.38. The molecule has 0 aliphatic carbocycles. The minimum absolute atomic E-state index is 0.183. The Morgan fingerprint density at radius 2 is 1.62 bits per heavy atom. The van der Waals surface area contributed by atoms with Gasteiger partial charge in [-0.1, -0.05) is 60.7 Å². The Morgan fingerprint density at radius 1 is 0.969 bits per heavy atom. The molecule has 4 rings (SSSR count). The van der Waals surface area contributed by atoms with E-state index in [0.717, 1.165) is 11.1 Å². The number of aliphatic carboxylic acids is 1. The summed E-state index contributed by atoms with van der Waals surface area (Å²) in [5.41, 5.74) is 2.21. The molecule has 0 unspecified atom stereocenters. The Morgan fingerprint density at radius 3 is 2.25 bits per heavy atom. The average Bonchev–Trinajstić information content (AvgIpc) is 2.75. The molecule has 166 valence electrons. The smallest absolute Gasteiger partial charge is 0.417 e. The number of likely N-dealkylation sites (tertiary alicyclic amines) is 1. The lowest BCUT2D eigenvalue weighted by Crippen LogP contribution is -2.49. The largest absolute Gasteiger partial charge is 0.481 e. The molecule has 0 atom stereocenters. The Bertz CT molecular complexity index is 1080. The van der Waals surface area contributed by atoms with Crippen LogP contribution in [0.3, 0.4) is 0 Å². The van der Waals surface area contributed by atoms with Crippen LogP contribution >= 0.6 is 11.8 Å². The molecule has 1 saturated heterocycles. The molecule has 3 nitrogen and oxygen atoms in total. The van der Waals surface area contributed by atoms with Crippen molar-refractivity contribution in [3.05, 3.63) is 89.5 Å². The Hall–Kier alpha value is -2.77. The van der Waals surface area contributed by atoms with Gasteiger partial charge in [-0.25, -0.2) is 0 Å². The molecular formula is C25H22F3NO2S. The molecule has 1 aliphatic heterocycles. The minimum Gasteiger partial charge on any atom is -0.481 e. The minimum atomic E-state index is -4.43. The molecule has 3 aromatic carbocycles. The van der Waals surface area contributed by atoms with Crippen molar-refractivity contribution >= 4 is 17.7 Å². The Balaban J connectivity index is 1.40. The zero-order chi connectivity index (χ0) is 22.7. The number of rotatable bonds is 7. The zero-order valence-electron chi connectivity index (χ0n) is 17.2. The molecule has 1 heterocycles. The molecule has 0 radical (unpaired) electrons. The fourth-order valence-electron chi connectivity index (χ4n) is 3.74. The van der Waals surface area contributed by atoms with Crippen molar-refractivity contribution in [3.8, 4) is 11.1 Å². The number of nitrogens with zero attached hydrogens (tertiary/aromatic N) is 1. The van der Waals surface area contributed by atoms with E-state index in [2.05, 4.69) is 4.90 Å². The van der Waals surface area contributed by atoms with E-state index >= 15 is 0 Å². The molecule has 1 fully saturated rings. The number of hydrogen-bond donors (Lipinski definition) is 1. The van der Waals surface area contributed by atoms with Crippen LogP contribution in [0.25, 0.3) is 11.1 Å². The molecule has 7 heteroatoms. The van der Waals surface area contributed by atoms with Gasteiger partial charge in [-0.2, -0.15) is 13.2 Å². The number of carboxylic acids is 1. The van der Waals surface area contributed by atoms with Crippen LogP contribution in [0.2, 0.25) is 0 Å². The van der Waals surface area contributed by atoms with E-state index < -0.39 is 17.7 Å². The van der Waals surface area contributed by atoms with E-state index in [-0.39, 0.29) is 11.5 Å². The average molecular weight is 458 g/mol. The molecule has 3 aromatic rings. The number of hydrogen-bond acceptors (Lipinski definition) is 3. The van der Waals surface area contributed by atoms with Crippen molar-refractivity contribution in [2.75, 3.05) is 13.1 Å². The number of benzene rings is 3. The summed E-state index contributed by atoms with van der Waals surface area (Å²) in [4.78, 5) is 13.5. The summed E-state index contributed by atoms with van der Waals surface area (Å²) in [6.45, 7) is 1.83. The third-order valence-electron chi connectivity index (χ3n) is 5.52. The van der Waals surface area contributed by atoms with E-state index in [9.17, 15) is 18.0 Å². The SMILES string of the molecule is O=C(O)C1CN(Cc2ccc(CSc3ccc(-c4ccccc4)c(C(F)(F)F)c3)cc2)C1. The van der Waals surface area contributed by atoms with Gasteiger partial charge in [0.2, 0.25) is 0 Å². The van der Waals surface area contributed by atoms with Gasteiger partial charge in [0.1, 0.15) is 0 Å². The number of alkyl halides is 3.